The summed E-state index contributed by atoms with van der Waals surface area (Å²) in [7, 11) is 0. The molecule has 2 aliphatic heterocycles. The van der Waals surface area contributed by atoms with Crippen LogP contribution in [0.4, 0.5) is 5.82 Å². The van der Waals surface area contributed by atoms with Gasteiger partial charge in [0.15, 0.2) is 0 Å². The minimum absolute atomic E-state index is 0.171. The summed E-state index contributed by atoms with van der Waals surface area (Å²) < 4.78 is 0. The van der Waals surface area contributed by atoms with Crippen LogP contribution in [-0.4, -0.2) is 40.4 Å². The van der Waals surface area contributed by atoms with E-state index in [1.54, 1.807) is 6.20 Å². The van der Waals surface area contributed by atoms with E-state index < -0.39 is 0 Å². The van der Waals surface area contributed by atoms with Gasteiger partial charge in [-0.3, -0.25) is 9.78 Å². The first-order valence-electron chi connectivity index (χ1n) is 10.4. The molecule has 1 unspecified atom stereocenters. The number of hydrogen-bond donors (Lipinski definition) is 0. The molecule has 0 aromatic carbocycles. The largest absolute Gasteiger partial charge is 0.356 e. The molecule has 0 N–H and O–H groups in total. The van der Waals surface area contributed by atoms with Crippen LogP contribution >= 0.6 is 0 Å². The molecule has 1 spiro atoms. The van der Waals surface area contributed by atoms with Crippen molar-refractivity contribution in [1.82, 2.24) is 14.9 Å². The maximum absolute atomic E-state index is 12.6. The van der Waals surface area contributed by atoms with Gasteiger partial charge in [0.05, 0.1) is 0 Å². The molecular weight excluding hydrogens is 348 g/mol. The van der Waals surface area contributed by atoms with E-state index in [0.717, 1.165) is 49.6 Å². The van der Waals surface area contributed by atoms with Crippen molar-refractivity contribution in [3.05, 3.63) is 54.0 Å². The van der Waals surface area contributed by atoms with Crippen LogP contribution in [0.5, 0.6) is 0 Å². The van der Waals surface area contributed by atoms with Gasteiger partial charge in [-0.1, -0.05) is 26.0 Å². The van der Waals surface area contributed by atoms with E-state index in [0.29, 0.717) is 18.9 Å². The van der Waals surface area contributed by atoms with Crippen molar-refractivity contribution in [2.45, 2.75) is 52.0 Å². The second-order valence-electron chi connectivity index (χ2n) is 8.71. The number of carbonyl (C=O) groups is 1. The van der Waals surface area contributed by atoms with Crippen molar-refractivity contribution in [3.63, 3.8) is 0 Å². The minimum atomic E-state index is 0.171. The number of nitrogens with zero attached hydrogens (tertiary/aromatic N) is 4. The molecule has 1 amide bonds. The highest BCUT2D eigenvalue weighted by Crippen LogP contribution is 2.40. The van der Waals surface area contributed by atoms with Gasteiger partial charge in [-0.15, -0.1) is 0 Å². The first kappa shape index (κ1) is 18.9. The number of amides is 1. The van der Waals surface area contributed by atoms with E-state index in [9.17, 15) is 4.79 Å². The SMILES string of the molecule is CC(C)c1cccc(N2CCCC3(CCC(=O)N(Cc4cccnc4)C3)C2)n1. The van der Waals surface area contributed by atoms with Crippen molar-refractivity contribution < 1.29 is 4.79 Å². The van der Waals surface area contributed by atoms with Crippen LogP contribution in [0.15, 0.2) is 42.7 Å². The third-order valence-electron chi connectivity index (χ3n) is 6.18. The first-order chi connectivity index (χ1) is 13.5. The molecule has 2 aliphatic rings. The summed E-state index contributed by atoms with van der Waals surface area (Å²) in [5, 5.41) is 0. The van der Waals surface area contributed by atoms with Crippen LogP contribution in [0.2, 0.25) is 0 Å². The quantitative estimate of drug-likeness (QED) is 0.807. The molecule has 2 aromatic heterocycles. The molecule has 1 atom stereocenters. The van der Waals surface area contributed by atoms with Crippen LogP contribution in [0, 0.1) is 5.41 Å². The zero-order chi connectivity index (χ0) is 19.6. The lowest BCUT2D eigenvalue weighted by Gasteiger charge is -2.48. The molecule has 5 heteroatoms. The molecule has 148 valence electrons. The zero-order valence-electron chi connectivity index (χ0n) is 17.0. The van der Waals surface area contributed by atoms with Crippen LogP contribution in [0.3, 0.4) is 0 Å². The van der Waals surface area contributed by atoms with Crippen molar-refractivity contribution >= 4 is 11.7 Å². The Hall–Kier alpha value is -2.43. The van der Waals surface area contributed by atoms with Crippen molar-refractivity contribution in [2.75, 3.05) is 24.5 Å². The molecule has 2 saturated heterocycles. The lowest BCUT2D eigenvalue weighted by molar-refractivity contribution is -0.138. The summed E-state index contributed by atoms with van der Waals surface area (Å²) in [6.45, 7) is 7.90. The van der Waals surface area contributed by atoms with Gasteiger partial charge in [-0.25, -0.2) is 4.98 Å². The first-order valence-corrected chi connectivity index (χ1v) is 10.4. The van der Waals surface area contributed by atoms with Crippen LogP contribution < -0.4 is 4.90 Å². The maximum Gasteiger partial charge on any atom is 0.222 e. The Morgan fingerprint density at radius 3 is 2.82 bits per heavy atom. The Bertz CT molecular complexity index is 822. The number of carbonyl (C=O) groups excluding carboxylic acids is 1. The molecule has 0 radical (unpaired) electrons. The fourth-order valence-corrected chi connectivity index (χ4v) is 4.63. The second kappa shape index (κ2) is 7.90. The number of pyridine rings is 2. The van der Waals surface area contributed by atoms with Crippen molar-refractivity contribution in [3.8, 4) is 0 Å². The molecular formula is C23H30N4O. The minimum Gasteiger partial charge on any atom is -0.356 e. The van der Waals surface area contributed by atoms with Crippen LogP contribution in [0.25, 0.3) is 0 Å². The van der Waals surface area contributed by atoms with Gasteiger partial charge in [0.25, 0.3) is 0 Å². The molecule has 0 aliphatic carbocycles. The number of anilines is 1. The fourth-order valence-electron chi connectivity index (χ4n) is 4.63. The second-order valence-corrected chi connectivity index (χ2v) is 8.71. The summed E-state index contributed by atoms with van der Waals surface area (Å²) in [4.78, 5) is 26.2. The topological polar surface area (TPSA) is 49.3 Å². The highest BCUT2D eigenvalue weighted by atomic mass is 16.2. The zero-order valence-corrected chi connectivity index (χ0v) is 17.0. The van der Waals surface area contributed by atoms with Gasteiger partial charge in [-0.2, -0.15) is 0 Å². The Kier molecular flexibility index (Phi) is 5.33. The standard InChI is InChI=1S/C23H30N4O/c1-18(2)20-7-3-8-21(25-20)26-13-5-10-23(16-26)11-9-22(28)27(17-23)15-19-6-4-12-24-14-19/h3-4,6-8,12,14,18H,5,9-11,13,15-17H2,1-2H3. The summed E-state index contributed by atoms with van der Waals surface area (Å²) in [6, 6.07) is 10.4. The smallest absolute Gasteiger partial charge is 0.222 e. The average Bonchev–Trinajstić information content (AvgIpc) is 2.72. The van der Waals surface area contributed by atoms with E-state index in [2.05, 4.69) is 48.0 Å². The summed E-state index contributed by atoms with van der Waals surface area (Å²) >= 11 is 0. The summed E-state index contributed by atoms with van der Waals surface area (Å²) in [5.41, 5.74) is 2.42. The molecule has 0 bridgehead atoms. The van der Waals surface area contributed by atoms with Crippen molar-refractivity contribution in [1.29, 1.82) is 0 Å². The van der Waals surface area contributed by atoms with Gasteiger partial charge in [0.2, 0.25) is 5.91 Å². The van der Waals surface area contributed by atoms with Gasteiger partial charge in [0.1, 0.15) is 5.82 Å². The summed E-state index contributed by atoms with van der Waals surface area (Å²) in [6.07, 6.45) is 7.61. The number of piperidine rings is 2. The van der Waals surface area contributed by atoms with E-state index in [1.807, 2.05) is 17.2 Å². The number of hydrogen-bond acceptors (Lipinski definition) is 4. The molecule has 28 heavy (non-hydrogen) atoms. The Morgan fingerprint density at radius 1 is 1.14 bits per heavy atom. The highest BCUT2D eigenvalue weighted by Gasteiger charge is 2.42. The molecule has 2 fully saturated rings. The van der Waals surface area contributed by atoms with Crippen LogP contribution in [-0.2, 0) is 11.3 Å². The number of likely N-dealkylation sites (tertiary alicyclic amines) is 1. The number of rotatable bonds is 4. The molecule has 4 rings (SSSR count). The molecule has 5 nitrogen and oxygen atoms in total. The summed E-state index contributed by atoms with van der Waals surface area (Å²) in [5.74, 6) is 1.79. The van der Waals surface area contributed by atoms with E-state index >= 15 is 0 Å². The average molecular weight is 379 g/mol. The van der Waals surface area contributed by atoms with E-state index in [4.69, 9.17) is 4.98 Å². The fraction of sp³-hybridized carbons (Fsp3) is 0.522. The maximum atomic E-state index is 12.6. The Balaban J connectivity index is 1.51. The molecule has 0 saturated carbocycles. The highest BCUT2D eigenvalue weighted by molar-refractivity contribution is 5.77. The molecule has 4 heterocycles. The predicted octanol–water partition coefficient (Wildman–Crippen LogP) is 4.01. The third-order valence-corrected chi connectivity index (χ3v) is 6.18. The predicted molar refractivity (Wildman–Crippen MR) is 111 cm³/mol. The van der Waals surface area contributed by atoms with E-state index in [1.165, 1.54) is 6.42 Å². The lowest BCUT2D eigenvalue weighted by Crippen LogP contribution is -2.54. The lowest BCUT2D eigenvalue weighted by atomic mass is 9.73. The Labute approximate surface area is 167 Å². The molecule has 2 aromatic rings. The number of aromatic nitrogens is 2. The van der Waals surface area contributed by atoms with Crippen molar-refractivity contribution in [2.24, 2.45) is 5.41 Å². The van der Waals surface area contributed by atoms with Gasteiger partial charge >= 0.3 is 0 Å². The van der Waals surface area contributed by atoms with Crippen LogP contribution in [0.1, 0.15) is 56.7 Å². The van der Waals surface area contributed by atoms with E-state index in [-0.39, 0.29) is 11.3 Å². The third kappa shape index (κ3) is 4.03. The monoisotopic (exact) mass is 378 g/mol. The van der Waals surface area contributed by atoms with Gasteiger partial charge in [-0.05, 0) is 48.9 Å². The Morgan fingerprint density at radius 2 is 2.04 bits per heavy atom. The normalized spacial score (nSPS) is 22.9. The van der Waals surface area contributed by atoms with Gasteiger partial charge in [0, 0.05) is 56.1 Å². The van der Waals surface area contributed by atoms with Gasteiger partial charge < -0.3 is 9.80 Å².